The monoisotopic (exact) mass is 357 g/mol. The van der Waals surface area contributed by atoms with Crippen LogP contribution in [0.2, 0.25) is 0 Å². The van der Waals surface area contributed by atoms with Crippen LogP contribution in [0.25, 0.3) is 10.9 Å². The van der Waals surface area contributed by atoms with Crippen molar-refractivity contribution in [3.8, 4) is 0 Å². The second-order valence-corrected chi connectivity index (χ2v) is 8.27. The molecule has 0 amide bonds. The first kappa shape index (κ1) is 16.0. The van der Waals surface area contributed by atoms with Crippen LogP contribution in [0.15, 0.2) is 47.6 Å². The van der Waals surface area contributed by atoms with Crippen molar-refractivity contribution in [1.82, 2.24) is 9.97 Å². The van der Waals surface area contributed by atoms with E-state index in [9.17, 15) is 12.8 Å². The lowest BCUT2D eigenvalue weighted by atomic mass is 10.1. The summed E-state index contributed by atoms with van der Waals surface area (Å²) in [5.74, 6) is 0.349. The number of anilines is 1. The highest BCUT2D eigenvalue weighted by Crippen LogP contribution is 2.35. The molecule has 0 bridgehead atoms. The number of fused-ring (bicyclic) bond motifs is 2. The summed E-state index contributed by atoms with van der Waals surface area (Å²) in [6.45, 7) is 0. The first-order chi connectivity index (χ1) is 11.9. The van der Waals surface area contributed by atoms with Crippen molar-refractivity contribution >= 4 is 26.6 Å². The molecule has 0 saturated heterocycles. The van der Waals surface area contributed by atoms with Gasteiger partial charge in [-0.3, -0.25) is 0 Å². The van der Waals surface area contributed by atoms with Crippen LogP contribution in [0.3, 0.4) is 0 Å². The van der Waals surface area contributed by atoms with Crippen molar-refractivity contribution in [2.75, 3.05) is 11.6 Å². The van der Waals surface area contributed by atoms with Crippen LogP contribution < -0.4 is 5.32 Å². The van der Waals surface area contributed by atoms with E-state index in [-0.39, 0.29) is 16.8 Å². The van der Waals surface area contributed by atoms with Crippen molar-refractivity contribution in [2.45, 2.75) is 23.8 Å². The Kier molecular flexibility index (Phi) is 3.68. The molecule has 1 heterocycles. The lowest BCUT2D eigenvalue weighted by Crippen LogP contribution is -2.09. The Morgan fingerprint density at radius 1 is 1.16 bits per heavy atom. The van der Waals surface area contributed by atoms with Crippen LogP contribution in [-0.4, -0.2) is 24.6 Å². The zero-order valence-electron chi connectivity index (χ0n) is 13.5. The van der Waals surface area contributed by atoms with Gasteiger partial charge in [-0.2, -0.15) is 0 Å². The van der Waals surface area contributed by atoms with Crippen LogP contribution >= 0.6 is 0 Å². The molecule has 0 fully saturated rings. The average molecular weight is 357 g/mol. The summed E-state index contributed by atoms with van der Waals surface area (Å²) in [6, 6.07) is 9.64. The lowest BCUT2D eigenvalue weighted by molar-refractivity contribution is 0.602. The minimum absolute atomic E-state index is 0.00981. The molecule has 128 valence electrons. The Balaban J connectivity index is 1.76. The second kappa shape index (κ2) is 5.77. The number of hydrogen-bond donors (Lipinski definition) is 1. The van der Waals surface area contributed by atoms with Crippen molar-refractivity contribution in [1.29, 1.82) is 0 Å². The van der Waals surface area contributed by atoms with Crippen molar-refractivity contribution < 1.29 is 12.8 Å². The van der Waals surface area contributed by atoms with Gasteiger partial charge in [0, 0.05) is 11.6 Å². The Bertz CT molecular complexity index is 1080. The highest BCUT2D eigenvalue weighted by atomic mass is 32.2. The number of sulfone groups is 1. The van der Waals surface area contributed by atoms with E-state index in [0.29, 0.717) is 16.7 Å². The van der Waals surface area contributed by atoms with Crippen LogP contribution in [0, 0.1) is 5.82 Å². The van der Waals surface area contributed by atoms with Gasteiger partial charge in [0.05, 0.1) is 16.5 Å². The number of nitrogens with zero attached hydrogens (tertiary/aromatic N) is 2. The molecule has 0 radical (unpaired) electrons. The van der Waals surface area contributed by atoms with E-state index in [0.717, 1.165) is 24.0 Å². The molecule has 3 aromatic rings. The van der Waals surface area contributed by atoms with Gasteiger partial charge in [-0.25, -0.2) is 22.8 Å². The smallest absolute Gasteiger partial charge is 0.175 e. The standard InChI is InChI=1S/C18H16FN3O2S/c1-25(23,24)13-4-7-16-15(9-13)18(21-10-20-16)22-17-6-2-11-8-12(19)3-5-14(11)17/h3-5,7-10,17H,2,6H2,1H3,(H,20,21,22)/t17-/m0/s1. The van der Waals surface area contributed by atoms with Gasteiger partial charge in [-0.15, -0.1) is 0 Å². The molecule has 25 heavy (non-hydrogen) atoms. The van der Waals surface area contributed by atoms with Gasteiger partial charge in [0.15, 0.2) is 9.84 Å². The number of aromatic nitrogens is 2. The molecular weight excluding hydrogens is 341 g/mol. The summed E-state index contributed by atoms with van der Waals surface area (Å²) in [5, 5.41) is 4.02. The third-order valence-electron chi connectivity index (χ3n) is 4.53. The summed E-state index contributed by atoms with van der Waals surface area (Å²) in [4.78, 5) is 8.72. The number of rotatable bonds is 3. The van der Waals surface area contributed by atoms with E-state index >= 15 is 0 Å². The maximum atomic E-state index is 13.4. The molecule has 0 aliphatic heterocycles. The summed E-state index contributed by atoms with van der Waals surface area (Å²) in [6.07, 6.45) is 4.25. The highest BCUT2D eigenvalue weighted by molar-refractivity contribution is 7.90. The van der Waals surface area contributed by atoms with Crippen LogP contribution in [0.5, 0.6) is 0 Å². The van der Waals surface area contributed by atoms with Crippen LogP contribution in [-0.2, 0) is 16.3 Å². The van der Waals surface area contributed by atoms with Gasteiger partial charge >= 0.3 is 0 Å². The topological polar surface area (TPSA) is 72.0 Å². The number of hydrogen-bond acceptors (Lipinski definition) is 5. The molecule has 2 aromatic carbocycles. The van der Waals surface area contributed by atoms with Crippen molar-refractivity contribution in [3.63, 3.8) is 0 Å². The predicted molar refractivity (Wildman–Crippen MR) is 93.7 cm³/mol. The molecule has 1 aromatic heterocycles. The Labute approximate surface area is 144 Å². The van der Waals surface area contributed by atoms with Crippen LogP contribution in [0.4, 0.5) is 10.2 Å². The summed E-state index contributed by atoms with van der Waals surface area (Å²) >= 11 is 0. The largest absolute Gasteiger partial charge is 0.363 e. The van der Waals surface area contributed by atoms with Gasteiger partial charge in [-0.1, -0.05) is 6.07 Å². The quantitative estimate of drug-likeness (QED) is 0.779. The Morgan fingerprint density at radius 3 is 2.80 bits per heavy atom. The number of nitrogens with one attached hydrogen (secondary N) is 1. The Hall–Kier alpha value is -2.54. The van der Waals surface area contributed by atoms with Gasteiger partial charge < -0.3 is 5.32 Å². The molecule has 1 atom stereocenters. The van der Waals surface area contributed by atoms with E-state index in [1.54, 1.807) is 30.3 Å². The van der Waals surface area contributed by atoms with E-state index in [4.69, 9.17) is 0 Å². The Morgan fingerprint density at radius 2 is 2.00 bits per heavy atom. The van der Waals surface area contributed by atoms with Gasteiger partial charge in [-0.05, 0) is 54.3 Å². The molecule has 1 aliphatic carbocycles. The minimum atomic E-state index is -3.32. The first-order valence-electron chi connectivity index (χ1n) is 7.91. The fourth-order valence-electron chi connectivity index (χ4n) is 3.28. The highest BCUT2D eigenvalue weighted by Gasteiger charge is 2.24. The molecule has 0 spiro atoms. The zero-order valence-corrected chi connectivity index (χ0v) is 14.3. The summed E-state index contributed by atoms with van der Waals surface area (Å²) in [5.41, 5.74) is 2.71. The lowest BCUT2D eigenvalue weighted by Gasteiger charge is -2.16. The third kappa shape index (κ3) is 2.95. The molecule has 0 unspecified atom stereocenters. The summed E-state index contributed by atoms with van der Waals surface area (Å²) in [7, 11) is -3.32. The molecule has 0 saturated carbocycles. The molecule has 5 nitrogen and oxygen atoms in total. The number of benzene rings is 2. The number of aryl methyl sites for hydroxylation is 1. The van der Waals surface area contributed by atoms with E-state index in [1.165, 1.54) is 18.6 Å². The molecule has 7 heteroatoms. The molecule has 1 aliphatic rings. The normalized spacial score (nSPS) is 16.8. The second-order valence-electron chi connectivity index (χ2n) is 6.25. The predicted octanol–water partition coefficient (Wildman–Crippen LogP) is 3.27. The van der Waals surface area contributed by atoms with Crippen LogP contribution in [0.1, 0.15) is 23.6 Å². The van der Waals surface area contributed by atoms with E-state index in [2.05, 4.69) is 15.3 Å². The molecule has 1 N–H and O–H groups in total. The van der Waals surface area contributed by atoms with E-state index in [1.807, 2.05) is 0 Å². The summed E-state index contributed by atoms with van der Waals surface area (Å²) < 4.78 is 37.0. The third-order valence-corrected chi connectivity index (χ3v) is 5.64. The molecular formula is C18H16FN3O2S. The maximum absolute atomic E-state index is 13.4. The van der Waals surface area contributed by atoms with Gasteiger partial charge in [0.2, 0.25) is 0 Å². The number of halogens is 1. The van der Waals surface area contributed by atoms with Crippen molar-refractivity contribution in [2.24, 2.45) is 0 Å². The van der Waals surface area contributed by atoms with E-state index < -0.39 is 9.84 Å². The van der Waals surface area contributed by atoms with Gasteiger partial charge in [0.1, 0.15) is 18.0 Å². The fraction of sp³-hybridized carbons (Fsp3) is 0.222. The molecule has 4 rings (SSSR count). The average Bonchev–Trinajstić information content (AvgIpc) is 2.96. The first-order valence-corrected chi connectivity index (χ1v) is 9.80. The zero-order chi connectivity index (χ0) is 17.6. The fourth-order valence-corrected chi connectivity index (χ4v) is 3.93. The van der Waals surface area contributed by atoms with Gasteiger partial charge in [0.25, 0.3) is 0 Å². The van der Waals surface area contributed by atoms with Crippen molar-refractivity contribution in [3.05, 3.63) is 59.7 Å². The minimum Gasteiger partial charge on any atom is -0.363 e. The SMILES string of the molecule is CS(=O)(=O)c1ccc2ncnc(N[C@H]3CCc4cc(F)ccc43)c2c1. The maximum Gasteiger partial charge on any atom is 0.175 e.